The van der Waals surface area contributed by atoms with Crippen LogP contribution in [0.4, 0.5) is 4.39 Å². The smallest absolute Gasteiger partial charge is 0.238 e. The molecule has 3 nitrogen and oxygen atoms in total. The monoisotopic (exact) mass is 276 g/mol. The zero-order valence-corrected chi connectivity index (χ0v) is 12.0. The Morgan fingerprint density at radius 3 is 2.75 bits per heavy atom. The quantitative estimate of drug-likeness (QED) is 0.900. The normalized spacial score (nSPS) is 34.0. The van der Waals surface area contributed by atoms with Gasteiger partial charge in [-0.3, -0.25) is 10.1 Å². The van der Waals surface area contributed by atoms with Crippen molar-refractivity contribution in [2.75, 3.05) is 6.54 Å². The minimum absolute atomic E-state index is 0.130. The highest BCUT2D eigenvalue weighted by Gasteiger charge is 2.42. The summed E-state index contributed by atoms with van der Waals surface area (Å²) in [7, 11) is 0. The van der Waals surface area contributed by atoms with Crippen LogP contribution < -0.4 is 5.32 Å². The van der Waals surface area contributed by atoms with E-state index in [9.17, 15) is 9.18 Å². The van der Waals surface area contributed by atoms with Crippen molar-refractivity contribution in [3.05, 3.63) is 35.6 Å². The highest BCUT2D eigenvalue weighted by molar-refractivity contribution is 5.81. The van der Waals surface area contributed by atoms with Crippen molar-refractivity contribution in [2.24, 2.45) is 11.8 Å². The molecule has 1 aliphatic heterocycles. The van der Waals surface area contributed by atoms with Crippen LogP contribution in [0.15, 0.2) is 24.3 Å². The number of carbonyl (C=O) groups is 1. The molecule has 1 saturated heterocycles. The summed E-state index contributed by atoms with van der Waals surface area (Å²) in [5, 5.41) is 3.22. The molecule has 1 aromatic rings. The van der Waals surface area contributed by atoms with E-state index in [1.807, 2.05) is 11.0 Å². The lowest BCUT2D eigenvalue weighted by Gasteiger charge is -2.34. The molecule has 20 heavy (non-hydrogen) atoms. The van der Waals surface area contributed by atoms with Crippen LogP contribution in [0.5, 0.6) is 0 Å². The molecule has 2 fully saturated rings. The van der Waals surface area contributed by atoms with Crippen LogP contribution in [-0.2, 0) is 4.79 Å². The lowest BCUT2D eigenvalue weighted by molar-refractivity contribution is -0.131. The van der Waals surface area contributed by atoms with Gasteiger partial charge in [0.15, 0.2) is 0 Å². The van der Waals surface area contributed by atoms with Crippen LogP contribution >= 0.6 is 0 Å². The molecule has 1 saturated carbocycles. The molecule has 1 heterocycles. The molecule has 1 aromatic carbocycles. The second-order valence-corrected chi connectivity index (χ2v) is 6.12. The summed E-state index contributed by atoms with van der Waals surface area (Å²) in [6, 6.07) is 6.81. The number of carbonyl (C=O) groups excluding carboxylic acids is 1. The predicted octanol–water partition coefficient (Wildman–Crippen LogP) is 2.69. The SMILES string of the molecule is CC1CCC(N2C(=O)CNC2c2cccc(F)c2)C1C. The minimum Gasteiger partial charge on any atom is -0.319 e. The van der Waals surface area contributed by atoms with E-state index < -0.39 is 0 Å². The number of hydrogen-bond donors (Lipinski definition) is 1. The number of amides is 1. The first-order valence-electron chi connectivity index (χ1n) is 7.38. The molecular weight excluding hydrogens is 255 g/mol. The lowest BCUT2D eigenvalue weighted by atomic mass is 9.96. The van der Waals surface area contributed by atoms with Gasteiger partial charge in [-0.05, 0) is 42.4 Å². The summed E-state index contributed by atoms with van der Waals surface area (Å²) < 4.78 is 13.4. The fourth-order valence-electron chi connectivity index (χ4n) is 3.58. The zero-order chi connectivity index (χ0) is 14.3. The number of hydrogen-bond acceptors (Lipinski definition) is 2. The first-order chi connectivity index (χ1) is 9.58. The molecule has 1 aliphatic carbocycles. The lowest BCUT2D eigenvalue weighted by Crippen LogP contribution is -2.41. The standard InChI is InChI=1S/C16H21FN2O/c1-10-6-7-14(11(10)2)19-15(20)9-18-16(19)12-4-3-5-13(17)8-12/h3-5,8,10-11,14,16,18H,6-7,9H2,1-2H3. The topological polar surface area (TPSA) is 32.3 Å². The Bertz CT molecular complexity index is 519. The van der Waals surface area contributed by atoms with Crippen LogP contribution in [-0.4, -0.2) is 23.4 Å². The van der Waals surface area contributed by atoms with Gasteiger partial charge in [0.05, 0.1) is 6.54 Å². The van der Waals surface area contributed by atoms with Gasteiger partial charge >= 0.3 is 0 Å². The van der Waals surface area contributed by atoms with Crippen LogP contribution in [0.3, 0.4) is 0 Å². The second-order valence-electron chi connectivity index (χ2n) is 6.12. The van der Waals surface area contributed by atoms with Gasteiger partial charge < -0.3 is 4.90 Å². The second kappa shape index (κ2) is 5.17. The van der Waals surface area contributed by atoms with E-state index in [0.29, 0.717) is 18.4 Å². The van der Waals surface area contributed by atoms with Crippen molar-refractivity contribution in [1.82, 2.24) is 10.2 Å². The van der Waals surface area contributed by atoms with Crippen LogP contribution in [0.1, 0.15) is 38.4 Å². The predicted molar refractivity (Wildman–Crippen MR) is 75.3 cm³/mol. The Labute approximate surface area is 119 Å². The third-order valence-electron chi connectivity index (χ3n) is 4.96. The van der Waals surface area contributed by atoms with Gasteiger partial charge in [-0.25, -0.2) is 4.39 Å². The number of benzene rings is 1. The number of rotatable bonds is 2. The van der Waals surface area contributed by atoms with Crippen molar-refractivity contribution in [3.8, 4) is 0 Å². The molecule has 4 unspecified atom stereocenters. The van der Waals surface area contributed by atoms with Gasteiger partial charge in [-0.1, -0.05) is 26.0 Å². The Kier molecular flexibility index (Phi) is 3.50. The highest BCUT2D eigenvalue weighted by Crippen LogP contribution is 2.39. The Balaban J connectivity index is 1.89. The minimum atomic E-state index is -0.253. The summed E-state index contributed by atoms with van der Waals surface area (Å²) in [6.07, 6.45) is 2.02. The van der Waals surface area contributed by atoms with Crippen LogP contribution in [0, 0.1) is 17.7 Å². The maximum absolute atomic E-state index is 13.4. The molecule has 1 amide bonds. The highest BCUT2D eigenvalue weighted by atomic mass is 19.1. The van der Waals surface area contributed by atoms with Gasteiger partial charge in [0.1, 0.15) is 12.0 Å². The average Bonchev–Trinajstić information content (AvgIpc) is 2.94. The summed E-state index contributed by atoms with van der Waals surface area (Å²) in [5.41, 5.74) is 0.836. The Hall–Kier alpha value is -1.42. The Morgan fingerprint density at radius 2 is 2.10 bits per heavy atom. The first kappa shape index (κ1) is 13.6. The van der Waals surface area contributed by atoms with Gasteiger partial charge in [0.2, 0.25) is 5.91 Å². The molecule has 1 N–H and O–H groups in total. The molecule has 0 radical (unpaired) electrons. The third-order valence-corrected chi connectivity index (χ3v) is 4.96. The van der Waals surface area contributed by atoms with Crippen molar-refractivity contribution >= 4 is 5.91 Å². The van der Waals surface area contributed by atoms with E-state index in [4.69, 9.17) is 0 Å². The van der Waals surface area contributed by atoms with Crippen molar-refractivity contribution in [3.63, 3.8) is 0 Å². The summed E-state index contributed by atoms with van der Waals surface area (Å²) >= 11 is 0. The molecule has 3 rings (SSSR count). The van der Waals surface area contributed by atoms with Gasteiger partial charge in [0.25, 0.3) is 0 Å². The van der Waals surface area contributed by atoms with Crippen LogP contribution in [0.2, 0.25) is 0 Å². The summed E-state index contributed by atoms with van der Waals surface area (Å²) in [6.45, 7) is 4.81. The van der Waals surface area contributed by atoms with E-state index in [0.717, 1.165) is 18.4 Å². The van der Waals surface area contributed by atoms with Gasteiger partial charge in [0, 0.05) is 6.04 Å². The number of nitrogens with zero attached hydrogens (tertiary/aromatic N) is 1. The first-order valence-corrected chi connectivity index (χ1v) is 7.38. The van der Waals surface area contributed by atoms with E-state index in [1.165, 1.54) is 12.1 Å². The maximum atomic E-state index is 13.4. The third kappa shape index (κ3) is 2.22. The summed E-state index contributed by atoms with van der Waals surface area (Å²) in [5.74, 6) is 1.01. The van der Waals surface area contributed by atoms with E-state index in [-0.39, 0.29) is 23.9 Å². The van der Waals surface area contributed by atoms with E-state index in [1.54, 1.807) is 6.07 Å². The van der Waals surface area contributed by atoms with E-state index in [2.05, 4.69) is 19.2 Å². The molecule has 2 aliphatic rings. The fraction of sp³-hybridized carbons (Fsp3) is 0.562. The van der Waals surface area contributed by atoms with Crippen molar-refractivity contribution < 1.29 is 9.18 Å². The van der Waals surface area contributed by atoms with Gasteiger partial charge in [-0.2, -0.15) is 0 Å². The van der Waals surface area contributed by atoms with Crippen molar-refractivity contribution in [2.45, 2.75) is 38.9 Å². The maximum Gasteiger partial charge on any atom is 0.238 e. The molecule has 0 bridgehead atoms. The number of nitrogens with one attached hydrogen (secondary N) is 1. The average molecular weight is 276 g/mol. The fourth-order valence-corrected chi connectivity index (χ4v) is 3.58. The van der Waals surface area contributed by atoms with Crippen molar-refractivity contribution in [1.29, 1.82) is 0 Å². The molecule has 4 atom stereocenters. The zero-order valence-electron chi connectivity index (χ0n) is 12.0. The number of halogens is 1. The van der Waals surface area contributed by atoms with Crippen LogP contribution in [0.25, 0.3) is 0 Å². The summed E-state index contributed by atoms with van der Waals surface area (Å²) in [4.78, 5) is 14.2. The van der Waals surface area contributed by atoms with Gasteiger partial charge in [-0.15, -0.1) is 0 Å². The molecule has 4 heteroatoms. The largest absolute Gasteiger partial charge is 0.319 e. The molecule has 0 aromatic heterocycles. The molecular formula is C16H21FN2O. The van der Waals surface area contributed by atoms with E-state index >= 15 is 0 Å². The molecule has 108 valence electrons. The Morgan fingerprint density at radius 1 is 1.30 bits per heavy atom. The molecule has 0 spiro atoms.